The third-order valence-electron chi connectivity index (χ3n) is 3.94. The number of thiazole rings is 1. The van der Waals surface area contributed by atoms with E-state index in [1.807, 2.05) is 6.92 Å². The first kappa shape index (κ1) is 17.3. The second-order valence-electron chi connectivity index (χ2n) is 5.86. The topological polar surface area (TPSA) is 73.7 Å². The molecule has 1 atom stereocenters. The molecule has 6 nitrogen and oxygen atoms in total. The van der Waals surface area contributed by atoms with Gasteiger partial charge in [-0.15, -0.1) is 0 Å². The first-order chi connectivity index (χ1) is 11.8. The normalized spacial score (nSPS) is 17.4. The number of nitrogens with zero attached hydrogens (tertiary/aromatic N) is 3. The van der Waals surface area contributed by atoms with Gasteiger partial charge >= 0.3 is 12.0 Å². The molecule has 1 aliphatic rings. The molecule has 3 rings (SSSR count). The number of hydrogen-bond donors (Lipinski definition) is 1. The van der Waals surface area contributed by atoms with Crippen molar-refractivity contribution in [3.8, 4) is 0 Å². The maximum atomic E-state index is 13.3. The van der Waals surface area contributed by atoms with E-state index in [2.05, 4.69) is 4.98 Å². The summed E-state index contributed by atoms with van der Waals surface area (Å²) < 4.78 is 26.7. The van der Waals surface area contributed by atoms with Crippen molar-refractivity contribution in [1.29, 1.82) is 0 Å². The predicted octanol–water partition coefficient (Wildman–Crippen LogP) is 3.26. The first-order valence-corrected chi connectivity index (χ1v) is 8.31. The highest BCUT2D eigenvalue weighted by Gasteiger charge is 2.37. The number of carbonyl (C=O) groups is 2. The van der Waals surface area contributed by atoms with E-state index in [0.29, 0.717) is 22.9 Å². The Kier molecular flexibility index (Phi) is 4.42. The first-order valence-electron chi connectivity index (χ1n) is 7.50. The van der Waals surface area contributed by atoms with E-state index in [1.54, 1.807) is 6.92 Å². The Labute approximate surface area is 146 Å². The van der Waals surface area contributed by atoms with Gasteiger partial charge in [-0.3, -0.25) is 4.90 Å². The lowest BCUT2D eigenvalue weighted by Gasteiger charge is -2.20. The summed E-state index contributed by atoms with van der Waals surface area (Å²) in [5, 5.41) is 9.43. The lowest BCUT2D eigenvalue weighted by atomic mass is 10.2. The number of aromatic nitrogens is 1. The molecule has 25 heavy (non-hydrogen) atoms. The Balaban J connectivity index is 1.83. The third kappa shape index (κ3) is 3.32. The van der Waals surface area contributed by atoms with E-state index in [4.69, 9.17) is 5.11 Å². The fraction of sp³-hybridized carbons (Fsp3) is 0.312. The van der Waals surface area contributed by atoms with Crippen LogP contribution in [0.2, 0.25) is 0 Å². The summed E-state index contributed by atoms with van der Waals surface area (Å²) in [5.74, 6) is -2.49. The molecule has 0 spiro atoms. The van der Waals surface area contributed by atoms with Crippen LogP contribution in [-0.2, 0) is 6.54 Å². The molecule has 0 bridgehead atoms. The summed E-state index contributed by atoms with van der Waals surface area (Å²) in [5.41, 5.74) is 0.694. The molecule has 9 heteroatoms. The zero-order valence-electron chi connectivity index (χ0n) is 13.5. The quantitative estimate of drug-likeness (QED) is 0.900. The van der Waals surface area contributed by atoms with Crippen molar-refractivity contribution in [2.75, 3.05) is 11.4 Å². The van der Waals surface area contributed by atoms with Gasteiger partial charge in [0.1, 0.15) is 16.5 Å². The number of urea groups is 1. The van der Waals surface area contributed by atoms with Crippen LogP contribution in [-0.4, -0.2) is 39.6 Å². The van der Waals surface area contributed by atoms with Crippen LogP contribution in [0.25, 0.3) is 0 Å². The zero-order valence-corrected chi connectivity index (χ0v) is 14.3. The van der Waals surface area contributed by atoms with E-state index in [0.717, 1.165) is 17.4 Å². The van der Waals surface area contributed by atoms with Gasteiger partial charge < -0.3 is 10.0 Å². The Bertz CT molecular complexity index is 835. The van der Waals surface area contributed by atoms with E-state index >= 15 is 0 Å². The van der Waals surface area contributed by atoms with E-state index in [9.17, 15) is 18.4 Å². The SMILES string of the molecule is Cc1nc(N2CC(C)N(Cc3cc(F)cc(F)c3)C2=O)sc1C(=O)O. The minimum absolute atomic E-state index is 0.0569. The Morgan fingerprint density at radius 1 is 1.36 bits per heavy atom. The number of aromatic carboxylic acids is 1. The molecule has 1 N–H and O–H groups in total. The largest absolute Gasteiger partial charge is 0.477 e. The van der Waals surface area contributed by atoms with E-state index < -0.39 is 17.6 Å². The van der Waals surface area contributed by atoms with Crippen molar-refractivity contribution in [1.82, 2.24) is 9.88 Å². The number of carboxylic acids is 1. The van der Waals surface area contributed by atoms with Crippen molar-refractivity contribution in [2.24, 2.45) is 0 Å². The fourth-order valence-electron chi connectivity index (χ4n) is 2.76. The number of benzene rings is 1. The van der Waals surface area contributed by atoms with Gasteiger partial charge in [-0.05, 0) is 31.5 Å². The second kappa shape index (κ2) is 6.40. The summed E-state index contributed by atoms with van der Waals surface area (Å²) in [4.78, 5) is 30.9. The molecule has 1 aromatic carbocycles. The van der Waals surface area contributed by atoms with E-state index in [1.165, 1.54) is 21.9 Å². The average molecular weight is 367 g/mol. The van der Waals surface area contributed by atoms with Crippen molar-refractivity contribution < 1.29 is 23.5 Å². The van der Waals surface area contributed by atoms with Gasteiger partial charge in [-0.2, -0.15) is 0 Å². The highest BCUT2D eigenvalue weighted by molar-refractivity contribution is 7.17. The van der Waals surface area contributed by atoms with Gasteiger partial charge in [0.2, 0.25) is 0 Å². The van der Waals surface area contributed by atoms with Gasteiger partial charge in [0.15, 0.2) is 5.13 Å². The Morgan fingerprint density at radius 3 is 2.56 bits per heavy atom. The van der Waals surface area contributed by atoms with Crippen LogP contribution in [0.1, 0.15) is 27.9 Å². The third-order valence-corrected chi connectivity index (χ3v) is 5.11. The molecule has 0 radical (unpaired) electrons. The van der Waals surface area contributed by atoms with Gasteiger partial charge in [0.05, 0.1) is 12.2 Å². The van der Waals surface area contributed by atoms with Gasteiger partial charge in [-0.25, -0.2) is 23.4 Å². The number of anilines is 1. The number of hydrogen-bond acceptors (Lipinski definition) is 4. The van der Waals surface area contributed by atoms with Gasteiger partial charge in [0.25, 0.3) is 0 Å². The molecular formula is C16H15F2N3O3S. The minimum atomic E-state index is -1.09. The molecule has 1 aliphatic heterocycles. The standard InChI is InChI=1S/C16H15F2N3O3S/c1-8-6-21(15-19-9(2)13(25-15)14(22)23)16(24)20(8)7-10-3-11(17)5-12(18)4-10/h3-5,8H,6-7H2,1-2H3,(H,22,23). The highest BCUT2D eigenvalue weighted by atomic mass is 32.1. The van der Waals surface area contributed by atoms with Crippen molar-refractivity contribution >= 4 is 28.5 Å². The van der Waals surface area contributed by atoms with Crippen LogP contribution in [0.4, 0.5) is 18.7 Å². The number of rotatable bonds is 4. The summed E-state index contributed by atoms with van der Waals surface area (Å²) in [6.45, 7) is 3.76. The monoisotopic (exact) mass is 367 g/mol. The molecule has 1 fully saturated rings. The van der Waals surface area contributed by atoms with Crippen LogP contribution in [0.15, 0.2) is 18.2 Å². The van der Waals surface area contributed by atoms with Gasteiger partial charge in [0, 0.05) is 18.7 Å². The fourth-order valence-corrected chi connectivity index (χ4v) is 3.67. The molecule has 0 saturated carbocycles. The van der Waals surface area contributed by atoms with Crippen LogP contribution in [0.5, 0.6) is 0 Å². The van der Waals surface area contributed by atoms with Crippen LogP contribution in [0, 0.1) is 18.6 Å². The van der Waals surface area contributed by atoms with Crippen LogP contribution < -0.4 is 4.90 Å². The lowest BCUT2D eigenvalue weighted by molar-refractivity contribution is 0.0701. The smallest absolute Gasteiger partial charge is 0.347 e. The molecule has 2 aromatic rings. The lowest BCUT2D eigenvalue weighted by Crippen LogP contribution is -2.33. The number of halogens is 2. The second-order valence-corrected chi connectivity index (χ2v) is 6.84. The summed E-state index contributed by atoms with van der Waals surface area (Å²) in [6.07, 6.45) is 0. The molecule has 132 valence electrons. The van der Waals surface area contributed by atoms with E-state index in [-0.39, 0.29) is 23.5 Å². The zero-order chi connectivity index (χ0) is 18.3. The number of carboxylic acid groups (broad SMARTS) is 1. The number of aryl methyl sites for hydroxylation is 1. The highest BCUT2D eigenvalue weighted by Crippen LogP contribution is 2.31. The summed E-state index contributed by atoms with van der Waals surface area (Å²) in [6, 6.07) is 2.56. The predicted molar refractivity (Wildman–Crippen MR) is 87.9 cm³/mol. The molecule has 1 aromatic heterocycles. The number of carbonyl (C=O) groups excluding carboxylic acids is 1. The maximum Gasteiger partial charge on any atom is 0.347 e. The maximum absolute atomic E-state index is 13.3. The van der Waals surface area contributed by atoms with Gasteiger partial charge in [-0.1, -0.05) is 11.3 Å². The van der Waals surface area contributed by atoms with Crippen LogP contribution in [0.3, 0.4) is 0 Å². The average Bonchev–Trinajstić information content (AvgIpc) is 3.01. The van der Waals surface area contributed by atoms with Crippen LogP contribution >= 0.6 is 11.3 Å². The number of amides is 2. The Morgan fingerprint density at radius 2 is 2.00 bits per heavy atom. The van der Waals surface area contributed by atoms with Crippen molar-refractivity contribution in [3.63, 3.8) is 0 Å². The Hall–Kier alpha value is -2.55. The molecule has 1 saturated heterocycles. The van der Waals surface area contributed by atoms with Crippen molar-refractivity contribution in [3.05, 3.63) is 46.0 Å². The summed E-state index contributed by atoms with van der Waals surface area (Å²) >= 11 is 0.932. The molecule has 2 amide bonds. The summed E-state index contributed by atoms with van der Waals surface area (Å²) in [7, 11) is 0. The molecule has 1 unspecified atom stereocenters. The minimum Gasteiger partial charge on any atom is -0.477 e. The molecule has 2 heterocycles. The van der Waals surface area contributed by atoms with Crippen molar-refractivity contribution in [2.45, 2.75) is 26.4 Å². The molecular weight excluding hydrogens is 352 g/mol. The molecule has 0 aliphatic carbocycles.